The average molecular weight is 289 g/mol. The number of hydrogen-bond acceptors (Lipinski definition) is 3. The largest absolute Gasteiger partial charge is 0.412 e. The summed E-state index contributed by atoms with van der Waals surface area (Å²) >= 11 is 4.91. The predicted octanol–water partition coefficient (Wildman–Crippen LogP) is 2.58. The normalized spacial score (nSPS) is 9.50. The fourth-order valence-corrected chi connectivity index (χ4v) is 1.85. The molecule has 0 amide bonds. The van der Waals surface area contributed by atoms with Gasteiger partial charge in [-0.15, -0.1) is 0 Å². The minimum absolute atomic E-state index is 0. The summed E-state index contributed by atoms with van der Waals surface area (Å²) in [6.07, 6.45) is 1.68. The Hall–Kier alpha value is -2.18. The quantitative estimate of drug-likeness (QED) is 0.665. The molecular formula is C14H17N4OS. The number of hydrogen-bond donors (Lipinski definition) is 2. The number of rotatable bonds is 0. The van der Waals surface area contributed by atoms with Crippen molar-refractivity contribution in [2.75, 3.05) is 5.73 Å². The zero-order chi connectivity index (χ0) is 13.8. The molecule has 0 aliphatic carbocycles. The van der Waals surface area contributed by atoms with E-state index in [4.69, 9.17) is 18.4 Å². The van der Waals surface area contributed by atoms with Gasteiger partial charge in [0.2, 0.25) is 0 Å². The van der Waals surface area contributed by atoms with E-state index in [-0.39, 0.29) is 5.48 Å². The Kier molecular flexibility index (Phi) is 5.42. The number of benzene rings is 1. The molecule has 0 aliphatic rings. The highest BCUT2D eigenvalue weighted by Crippen LogP contribution is 2.16. The zero-order valence-corrected chi connectivity index (χ0v) is 12.2. The van der Waals surface area contributed by atoms with E-state index in [2.05, 4.69) is 15.0 Å². The van der Waals surface area contributed by atoms with Gasteiger partial charge in [-0.2, -0.15) is 0 Å². The third-order valence-corrected chi connectivity index (χ3v) is 2.94. The maximum Gasteiger partial charge on any atom is 0.197 e. The minimum atomic E-state index is 0. The van der Waals surface area contributed by atoms with Crippen LogP contribution in [0.1, 0.15) is 11.1 Å². The van der Waals surface area contributed by atoms with Crippen LogP contribution in [0.15, 0.2) is 41.7 Å². The summed E-state index contributed by atoms with van der Waals surface area (Å²) in [5.41, 5.74) is 9.61. The third kappa shape index (κ3) is 3.66. The van der Waals surface area contributed by atoms with Crippen LogP contribution in [0.5, 0.6) is 0 Å². The standard InChI is InChI=1S/C8H7N2S.C6H8N2.H2O/c1-5-3-2-4-6-7(5)10-8(11)9-6;1-5-3-2-4-8-6(5)7;/h2-4H,1H3,(H,9,10);2-4H,1H3,(H2,7,8);1H2. The molecule has 0 atom stereocenters. The number of aromatic nitrogens is 3. The Morgan fingerprint density at radius 2 is 1.80 bits per heavy atom. The topological polar surface area (TPSA) is 99.1 Å². The van der Waals surface area contributed by atoms with E-state index < -0.39 is 0 Å². The molecule has 1 aromatic carbocycles. The van der Waals surface area contributed by atoms with Crippen molar-refractivity contribution in [3.8, 4) is 0 Å². The van der Waals surface area contributed by atoms with E-state index in [1.807, 2.05) is 44.2 Å². The van der Waals surface area contributed by atoms with E-state index >= 15 is 0 Å². The molecule has 2 heterocycles. The molecule has 0 saturated carbocycles. The molecule has 6 heteroatoms. The third-order valence-electron chi connectivity index (χ3n) is 2.74. The van der Waals surface area contributed by atoms with Gasteiger partial charge >= 0.3 is 0 Å². The van der Waals surface area contributed by atoms with Crippen LogP contribution in [0.2, 0.25) is 0 Å². The van der Waals surface area contributed by atoms with E-state index in [1.54, 1.807) is 6.20 Å². The second-order valence-electron chi connectivity index (χ2n) is 4.22. The maximum atomic E-state index is 5.41. The molecule has 0 saturated heterocycles. The number of para-hydroxylation sites is 1. The first-order chi connectivity index (χ1) is 9.08. The lowest BCUT2D eigenvalue weighted by Crippen LogP contribution is -1.90. The van der Waals surface area contributed by atoms with Gasteiger partial charge in [-0.1, -0.05) is 18.2 Å². The first kappa shape index (κ1) is 15.9. The molecule has 20 heavy (non-hydrogen) atoms. The molecule has 3 rings (SSSR count). The Labute approximate surface area is 123 Å². The number of anilines is 1. The van der Waals surface area contributed by atoms with E-state index in [0.29, 0.717) is 11.0 Å². The molecule has 3 aromatic rings. The summed E-state index contributed by atoms with van der Waals surface area (Å²) in [4.78, 5) is 11.0. The lowest BCUT2D eigenvalue weighted by Gasteiger charge is -1.92. The SMILES string of the molecule is Cc1cccc2[nH]c([S])nc12.Cc1cccnc1N.O. The van der Waals surface area contributed by atoms with Crippen LogP contribution in [-0.4, -0.2) is 20.4 Å². The molecular weight excluding hydrogens is 272 g/mol. The number of aromatic amines is 1. The van der Waals surface area contributed by atoms with E-state index in [0.717, 1.165) is 22.2 Å². The molecule has 2 aromatic heterocycles. The van der Waals surface area contributed by atoms with Gasteiger partial charge in [0.05, 0.1) is 11.0 Å². The summed E-state index contributed by atoms with van der Waals surface area (Å²) in [5, 5.41) is 0.564. The first-order valence-corrected chi connectivity index (χ1v) is 6.28. The molecule has 0 fully saturated rings. The molecule has 1 radical (unpaired) electrons. The number of nitrogens with zero attached hydrogens (tertiary/aromatic N) is 2. The minimum Gasteiger partial charge on any atom is -0.412 e. The van der Waals surface area contributed by atoms with Crippen molar-refractivity contribution in [3.05, 3.63) is 47.7 Å². The summed E-state index contributed by atoms with van der Waals surface area (Å²) in [5.74, 6) is 0.618. The molecule has 0 bridgehead atoms. The fraction of sp³-hybridized carbons (Fsp3) is 0.143. The van der Waals surface area contributed by atoms with Gasteiger partial charge in [-0.3, -0.25) is 0 Å². The van der Waals surface area contributed by atoms with Crippen molar-refractivity contribution in [1.82, 2.24) is 15.0 Å². The number of imidazole rings is 1. The van der Waals surface area contributed by atoms with Crippen LogP contribution in [0.3, 0.4) is 0 Å². The van der Waals surface area contributed by atoms with Crippen LogP contribution in [-0.2, 0) is 0 Å². The van der Waals surface area contributed by atoms with Crippen molar-refractivity contribution in [2.24, 2.45) is 0 Å². The highest BCUT2D eigenvalue weighted by atomic mass is 32.1. The first-order valence-electron chi connectivity index (χ1n) is 5.87. The van der Waals surface area contributed by atoms with Crippen molar-refractivity contribution < 1.29 is 5.48 Å². The number of fused-ring (bicyclic) bond motifs is 1. The summed E-state index contributed by atoms with van der Waals surface area (Å²) in [6, 6.07) is 9.79. The van der Waals surface area contributed by atoms with Gasteiger partial charge in [0, 0.05) is 6.20 Å². The lowest BCUT2D eigenvalue weighted by molar-refractivity contribution is 0.824. The Bertz CT molecular complexity index is 675. The van der Waals surface area contributed by atoms with Crippen LogP contribution in [0.25, 0.3) is 11.0 Å². The van der Waals surface area contributed by atoms with Crippen LogP contribution >= 0.6 is 12.6 Å². The second kappa shape index (κ2) is 6.83. The van der Waals surface area contributed by atoms with Crippen LogP contribution in [0, 0.1) is 13.8 Å². The Morgan fingerprint density at radius 3 is 2.35 bits per heavy atom. The fourth-order valence-electron chi connectivity index (χ4n) is 1.65. The van der Waals surface area contributed by atoms with E-state index in [9.17, 15) is 0 Å². The molecule has 5 nitrogen and oxygen atoms in total. The zero-order valence-electron chi connectivity index (χ0n) is 11.3. The van der Waals surface area contributed by atoms with Gasteiger partial charge in [0.1, 0.15) is 5.82 Å². The molecule has 0 unspecified atom stereocenters. The van der Waals surface area contributed by atoms with Crippen molar-refractivity contribution in [1.29, 1.82) is 0 Å². The van der Waals surface area contributed by atoms with Gasteiger partial charge in [0.25, 0.3) is 0 Å². The van der Waals surface area contributed by atoms with Gasteiger partial charge in [-0.05, 0) is 49.7 Å². The van der Waals surface area contributed by atoms with Crippen LogP contribution in [0.4, 0.5) is 5.82 Å². The van der Waals surface area contributed by atoms with Gasteiger partial charge < -0.3 is 16.2 Å². The highest BCUT2D eigenvalue weighted by molar-refractivity contribution is 7.80. The number of nitrogens with two attached hydrogens (primary N) is 1. The second-order valence-corrected chi connectivity index (χ2v) is 4.61. The maximum absolute atomic E-state index is 5.41. The smallest absolute Gasteiger partial charge is 0.197 e. The number of nitrogen functional groups attached to an aromatic ring is 1. The lowest BCUT2D eigenvalue weighted by atomic mass is 10.2. The monoisotopic (exact) mass is 289 g/mol. The highest BCUT2D eigenvalue weighted by Gasteiger charge is 2.00. The number of pyridine rings is 1. The molecule has 105 valence electrons. The van der Waals surface area contributed by atoms with Crippen LogP contribution < -0.4 is 5.73 Å². The molecule has 5 N–H and O–H groups in total. The average Bonchev–Trinajstić information content (AvgIpc) is 2.76. The number of H-pyrrole nitrogens is 1. The van der Waals surface area contributed by atoms with Crippen molar-refractivity contribution in [3.63, 3.8) is 0 Å². The molecule has 0 spiro atoms. The molecule has 0 aliphatic heterocycles. The summed E-state index contributed by atoms with van der Waals surface area (Å²) < 4.78 is 0. The van der Waals surface area contributed by atoms with Gasteiger partial charge in [0.15, 0.2) is 5.16 Å². The predicted molar refractivity (Wildman–Crippen MR) is 83.7 cm³/mol. The van der Waals surface area contributed by atoms with Gasteiger partial charge in [-0.25, -0.2) is 9.97 Å². The van der Waals surface area contributed by atoms with Crippen molar-refractivity contribution in [2.45, 2.75) is 19.0 Å². The van der Waals surface area contributed by atoms with Crippen molar-refractivity contribution >= 4 is 29.5 Å². The Morgan fingerprint density at radius 1 is 1.10 bits per heavy atom. The summed E-state index contributed by atoms with van der Waals surface area (Å²) in [6.45, 7) is 3.96. The number of nitrogens with one attached hydrogen (secondary N) is 1. The van der Waals surface area contributed by atoms with E-state index in [1.165, 1.54) is 0 Å². The number of aryl methyl sites for hydroxylation is 2. The Balaban J connectivity index is 0.000000200. The summed E-state index contributed by atoms with van der Waals surface area (Å²) in [7, 11) is 0.